The average Bonchev–Trinajstić information content (AvgIpc) is 3.06. The Balaban J connectivity index is 1.24. The summed E-state index contributed by atoms with van der Waals surface area (Å²) in [5.41, 5.74) is 8.53. The smallest absolute Gasteiger partial charge is 0.250 e. The van der Waals surface area contributed by atoms with Crippen molar-refractivity contribution >= 4 is 0 Å². The highest BCUT2D eigenvalue weighted by atomic mass is 16.1. The van der Waals surface area contributed by atoms with Gasteiger partial charge < -0.3 is 4.57 Å². The van der Waals surface area contributed by atoms with Crippen LogP contribution in [0.25, 0.3) is 11.1 Å². The van der Waals surface area contributed by atoms with Crippen molar-refractivity contribution in [3.8, 4) is 11.1 Å². The van der Waals surface area contributed by atoms with E-state index >= 15 is 0 Å². The van der Waals surface area contributed by atoms with Crippen molar-refractivity contribution in [2.45, 2.75) is 31.8 Å². The molecule has 3 heterocycles. The summed E-state index contributed by atoms with van der Waals surface area (Å²) in [6, 6.07) is 21.6. The minimum Gasteiger partial charge on any atom is -0.312 e. The molecule has 1 saturated heterocycles. The Morgan fingerprint density at radius 3 is 2.71 bits per heavy atom. The van der Waals surface area contributed by atoms with Crippen LogP contribution in [0.15, 0.2) is 65.5 Å². The predicted molar refractivity (Wildman–Crippen MR) is 112 cm³/mol. The number of hydrogen-bond acceptors (Lipinski definition) is 2. The largest absolute Gasteiger partial charge is 0.312 e. The van der Waals surface area contributed by atoms with Crippen molar-refractivity contribution in [2.75, 3.05) is 13.1 Å². The van der Waals surface area contributed by atoms with Gasteiger partial charge in [-0.05, 0) is 52.6 Å². The van der Waals surface area contributed by atoms with Crippen molar-refractivity contribution < 1.29 is 0 Å². The van der Waals surface area contributed by atoms with Crippen LogP contribution < -0.4 is 5.56 Å². The molecule has 2 atom stereocenters. The van der Waals surface area contributed by atoms with E-state index in [1.807, 2.05) is 10.6 Å². The number of likely N-dealkylation sites (tertiary alicyclic amines) is 1. The highest BCUT2D eigenvalue weighted by Crippen LogP contribution is 2.38. The Bertz CT molecular complexity index is 1130. The third-order valence-corrected chi connectivity index (χ3v) is 6.82. The lowest BCUT2D eigenvalue weighted by Gasteiger charge is -2.42. The Kier molecular flexibility index (Phi) is 3.60. The van der Waals surface area contributed by atoms with Crippen molar-refractivity contribution in [3.05, 3.63) is 93.4 Å². The van der Waals surface area contributed by atoms with Gasteiger partial charge in [0, 0.05) is 43.9 Å². The number of aromatic nitrogens is 1. The molecule has 1 aromatic heterocycles. The van der Waals surface area contributed by atoms with E-state index in [9.17, 15) is 4.79 Å². The second-order valence-electron chi connectivity index (χ2n) is 8.72. The molecule has 2 aromatic carbocycles. The number of rotatable bonds is 2. The van der Waals surface area contributed by atoms with E-state index < -0.39 is 0 Å². The summed E-state index contributed by atoms with van der Waals surface area (Å²) < 4.78 is 2.02. The lowest BCUT2D eigenvalue weighted by molar-refractivity contribution is 0.114. The van der Waals surface area contributed by atoms with Gasteiger partial charge in [0.05, 0.1) is 0 Å². The third-order valence-electron chi connectivity index (χ3n) is 6.82. The van der Waals surface area contributed by atoms with E-state index in [4.69, 9.17) is 0 Å². The van der Waals surface area contributed by atoms with Crippen molar-refractivity contribution in [1.29, 1.82) is 0 Å². The van der Waals surface area contributed by atoms with Crippen LogP contribution in [-0.4, -0.2) is 22.6 Å². The van der Waals surface area contributed by atoms with Crippen molar-refractivity contribution in [2.24, 2.45) is 5.92 Å². The van der Waals surface area contributed by atoms with Gasteiger partial charge in [-0.2, -0.15) is 0 Å². The van der Waals surface area contributed by atoms with Gasteiger partial charge in [0.2, 0.25) is 0 Å². The Labute approximate surface area is 165 Å². The normalized spacial score (nSPS) is 22.4. The highest BCUT2D eigenvalue weighted by Gasteiger charge is 2.34. The fourth-order valence-corrected chi connectivity index (χ4v) is 5.68. The molecule has 0 unspecified atom stereocenters. The van der Waals surface area contributed by atoms with Gasteiger partial charge in [-0.1, -0.05) is 48.5 Å². The zero-order valence-corrected chi connectivity index (χ0v) is 16.0. The quantitative estimate of drug-likeness (QED) is 0.534. The number of hydrogen-bond donors (Lipinski definition) is 0. The number of piperidine rings is 1. The predicted octanol–water partition coefficient (Wildman–Crippen LogP) is 4.04. The molecular formula is C25H24N2O. The van der Waals surface area contributed by atoms with E-state index in [2.05, 4.69) is 53.4 Å². The zero-order valence-electron chi connectivity index (χ0n) is 16.0. The average molecular weight is 368 g/mol. The maximum atomic E-state index is 12.2. The number of fused-ring (bicyclic) bond motifs is 7. The molecule has 3 nitrogen and oxygen atoms in total. The van der Waals surface area contributed by atoms with Gasteiger partial charge in [-0.25, -0.2) is 0 Å². The fraction of sp³-hybridized carbons (Fsp3) is 0.320. The highest BCUT2D eigenvalue weighted by molar-refractivity contribution is 5.76. The zero-order chi connectivity index (χ0) is 18.7. The molecule has 3 aromatic rings. The first-order chi connectivity index (χ1) is 13.7. The van der Waals surface area contributed by atoms with Crippen LogP contribution >= 0.6 is 0 Å². The molecule has 0 radical (unpaired) electrons. The van der Waals surface area contributed by atoms with Crippen LogP contribution in [-0.2, 0) is 19.5 Å². The lowest BCUT2D eigenvalue weighted by atomic mass is 9.83. The summed E-state index contributed by atoms with van der Waals surface area (Å²) in [5.74, 6) is 1.07. The lowest BCUT2D eigenvalue weighted by Crippen LogP contribution is -2.46. The molecule has 3 heteroatoms. The molecule has 1 aliphatic carbocycles. The molecule has 0 amide bonds. The summed E-state index contributed by atoms with van der Waals surface area (Å²) in [7, 11) is 0. The molecule has 3 aliphatic rings. The molecular weight excluding hydrogens is 344 g/mol. The Morgan fingerprint density at radius 1 is 0.857 bits per heavy atom. The number of nitrogens with zero attached hydrogens (tertiary/aromatic N) is 2. The third kappa shape index (κ3) is 2.57. The molecule has 140 valence electrons. The monoisotopic (exact) mass is 368 g/mol. The second-order valence-corrected chi connectivity index (χ2v) is 8.72. The molecule has 28 heavy (non-hydrogen) atoms. The summed E-state index contributed by atoms with van der Waals surface area (Å²) in [5, 5.41) is 0. The summed E-state index contributed by atoms with van der Waals surface area (Å²) >= 11 is 0. The van der Waals surface area contributed by atoms with E-state index in [0.717, 1.165) is 32.6 Å². The van der Waals surface area contributed by atoms with Gasteiger partial charge >= 0.3 is 0 Å². The summed E-state index contributed by atoms with van der Waals surface area (Å²) in [4.78, 5) is 14.8. The van der Waals surface area contributed by atoms with Gasteiger partial charge in [-0.15, -0.1) is 0 Å². The Morgan fingerprint density at radius 2 is 1.75 bits per heavy atom. The van der Waals surface area contributed by atoms with Crippen molar-refractivity contribution in [1.82, 2.24) is 9.47 Å². The molecule has 6 rings (SSSR count). The molecule has 2 aliphatic heterocycles. The molecule has 0 N–H and O–H groups in total. The SMILES string of the molecule is O=c1cccc2n1C[C@H]1C[C@H]2CN(Cc2ccc3c(c2)Cc2ccccc2-3)C1. The van der Waals surface area contributed by atoms with E-state index in [1.54, 1.807) is 6.07 Å². The minimum atomic E-state index is 0.166. The fourth-order valence-electron chi connectivity index (χ4n) is 5.68. The van der Waals surface area contributed by atoms with Gasteiger partial charge in [-0.3, -0.25) is 9.69 Å². The van der Waals surface area contributed by atoms with Gasteiger partial charge in [0.1, 0.15) is 0 Å². The summed E-state index contributed by atoms with van der Waals surface area (Å²) in [6.45, 7) is 4.03. The maximum absolute atomic E-state index is 12.2. The van der Waals surface area contributed by atoms with Crippen LogP contribution in [0.1, 0.15) is 34.7 Å². The van der Waals surface area contributed by atoms with E-state index in [0.29, 0.717) is 11.8 Å². The number of benzene rings is 2. The van der Waals surface area contributed by atoms with Crippen LogP contribution in [0.2, 0.25) is 0 Å². The first-order valence-corrected chi connectivity index (χ1v) is 10.4. The molecule has 0 saturated carbocycles. The molecule has 1 fully saturated rings. The van der Waals surface area contributed by atoms with E-state index in [1.165, 1.54) is 39.9 Å². The molecule has 2 bridgehead atoms. The van der Waals surface area contributed by atoms with Gasteiger partial charge in [0.15, 0.2) is 0 Å². The Hall–Kier alpha value is -2.65. The second kappa shape index (κ2) is 6.18. The maximum Gasteiger partial charge on any atom is 0.250 e. The van der Waals surface area contributed by atoms with E-state index in [-0.39, 0.29) is 5.56 Å². The van der Waals surface area contributed by atoms with Crippen LogP contribution in [0.5, 0.6) is 0 Å². The first-order valence-electron chi connectivity index (χ1n) is 10.4. The van der Waals surface area contributed by atoms with Crippen molar-refractivity contribution in [3.63, 3.8) is 0 Å². The topological polar surface area (TPSA) is 25.2 Å². The number of pyridine rings is 1. The van der Waals surface area contributed by atoms with Crippen LogP contribution in [0, 0.1) is 5.92 Å². The first kappa shape index (κ1) is 16.3. The minimum absolute atomic E-state index is 0.166. The summed E-state index contributed by atoms with van der Waals surface area (Å²) in [6.07, 6.45) is 2.28. The van der Waals surface area contributed by atoms with Crippen LogP contribution in [0.4, 0.5) is 0 Å². The van der Waals surface area contributed by atoms with Gasteiger partial charge in [0.25, 0.3) is 5.56 Å². The van der Waals surface area contributed by atoms with Crippen LogP contribution in [0.3, 0.4) is 0 Å². The standard InChI is InChI=1S/C25H24N2O/c28-25-7-3-6-24-21-11-18(15-27(24)25)14-26(16-21)13-17-8-9-23-20(10-17)12-19-4-1-2-5-22(19)23/h1-10,18,21H,11-16H2/t18-,21-/m0/s1. The molecule has 0 spiro atoms.